The first-order chi connectivity index (χ1) is 6.99. The second-order valence-corrected chi connectivity index (χ2v) is 4.29. The predicted molar refractivity (Wildman–Crippen MR) is 60.6 cm³/mol. The van der Waals surface area contributed by atoms with Gasteiger partial charge in [0.05, 0.1) is 5.92 Å². The third-order valence-electron chi connectivity index (χ3n) is 1.91. The fourth-order valence-corrected chi connectivity index (χ4v) is 1.73. The van der Waals surface area contributed by atoms with Crippen LogP contribution in [0, 0.1) is 5.92 Å². The number of nitrogens with one attached hydrogen (secondary N) is 1. The minimum atomic E-state index is -0.530. The average molecular weight is 231 g/mol. The van der Waals surface area contributed by atoms with E-state index in [9.17, 15) is 14.4 Å². The van der Waals surface area contributed by atoms with Crippen LogP contribution in [0.1, 0.15) is 27.2 Å². The summed E-state index contributed by atoms with van der Waals surface area (Å²) in [4.78, 5) is 33.1. The first-order valence-corrected chi connectivity index (χ1v) is 5.91. The first kappa shape index (κ1) is 14.2. The van der Waals surface area contributed by atoms with Gasteiger partial charge in [-0.15, -0.1) is 0 Å². The molecule has 0 saturated carbocycles. The summed E-state index contributed by atoms with van der Waals surface area (Å²) < 4.78 is 0. The number of thioether (sulfide) groups is 1. The highest BCUT2D eigenvalue weighted by molar-refractivity contribution is 8.13. The summed E-state index contributed by atoms with van der Waals surface area (Å²) in [5, 5.41) is 2.47. The van der Waals surface area contributed by atoms with Crippen molar-refractivity contribution in [3.63, 3.8) is 0 Å². The van der Waals surface area contributed by atoms with Gasteiger partial charge >= 0.3 is 0 Å². The van der Waals surface area contributed by atoms with Crippen molar-refractivity contribution in [2.45, 2.75) is 27.2 Å². The Labute approximate surface area is 94.2 Å². The SMILES string of the molecule is CCC(=O)[C@@H](C)C(=O)SCCNC(C)=O. The van der Waals surface area contributed by atoms with Crippen molar-refractivity contribution in [2.24, 2.45) is 5.92 Å². The van der Waals surface area contributed by atoms with Crippen LogP contribution in [-0.2, 0) is 14.4 Å². The Morgan fingerprint density at radius 3 is 2.40 bits per heavy atom. The fourth-order valence-electron chi connectivity index (χ4n) is 0.941. The summed E-state index contributed by atoms with van der Waals surface area (Å²) in [6.07, 6.45) is 0.388. The molecule has 0 aliphatic carbocycles. The van der Waals surface area contributed by atoms with Crippen molar-refractivity contribution < 1.29 is 14.4 Å². The van der Waals surface area contributed by atoms with Crippen molar-refractivity contribution in [3.8, 4) is 0 Å². The molecule has 1 N–H and O–H groups in total. The number of hydrogen-bond acceptors (Lipinski definition) is 4. The molecule has 0 aromatic carbocycles. The van der Waals surface area contributed by atoms with Crippen LogP contribution < -0.4 is 5.32 Å². The van der Waals surface area contributed by atoms with Gasteiger partial charge in [-0.25, -0.2) is 0 Å². The number of rotatable bonds is 6. The van der Waals surface area contributed by atoms with Crippen LogP contribution >= 0.6 is 11.8 Å². The molecule has 0 bridgehead atoms. The van der Waals surface area contributed by atoms with Gasteiger partial charge in [-0.1, -0.05) is 18.7 Å². The zero-order valence-corrected chi connectivity index (χ0v) is 10.1. The highest BCUT2D eigenvalue weighted by Gasteiger charge is 2.19. The van der Waals surface area contributed by atoms with E-state index >= 15 is 0 Å². The van der Waals surface area contributed by atoms with Gasteiger partial charge in [0.25, 0.3) is 0 Å². The lowest BCUT2D eigenvalue weighted by Gasteiger charge is -2.07. The maximum atomic E-state index is 11.4. The van der Waals surface area contributed by atoms with Crippen LogP contribution in [0.4, 0.5) is 0 Å². The Balaban J connectivity index is 3.74. The number of carbonyl (C=O) groups is 3. The molecule has 0 saturated heterocycles. The number of ketones is 1. The standard InChI is InChI=1S/C10H17NO3S/c1-4-9(13)7(2)10(14)15-6-5-11-8(3)12/h7H,4-6H2,1-3H3,(H,11,12)/t7-/m1/s1. The zero-order valence-electron chi connectivity index (χ0n) is 9.33. The van der Waals surface area contributed by atoms with E-state index in [-0.39, 0.29) is 16.8 Å². The molecule has 0 aliphatic heterocycles. The van der Waals surface area contributed by atoms with Crippen LogP contribution in [-0.4, -0.2) is 29.1 Å². The zero-order chi connectivity index (χ0) is 11.8. The average Bonchev–Trinajstić information content (AvgIpc) is 2.21. The topological polar surface area (TPSA) is 63.2 Å². The number of amides is 1. The maximum Gasteiger partial charge on any atom is 0.216 e. The summed E-state index contributed by atoms with van der Waals surface area (Å²) in [6.45, 7) is 5.25. The molecule has 0 heterocycles. The normalized spacial score (nSPS) is 11.9. The lowest BCUT2D eigenvalue weighted by atomic mass is 10.1. The lowest BCUT2D eigenvalue weighted by molar-refractivity contribution is -0.127. The Morgan fingerprint density at radius 1 is 1.33 bits per heavy atom. The Bertz CT molecular complexity index is 253. The van der Waals surface area contributed by atoms with Gasteiger partial charge in [0.15, 0.2) is 5.12 Å². The highest BCUT2D eigenvalue weighted by Crippen LogP contribution is 2.12. The summed E-state index contributed by atoms with van der Waals surface area (Å²) in [5.74, 6) is -0.162. The number of carbonyl (C=O) groups excluding carboxylic acids is 3. The van der Waals surface area contributed by atoms with Gasteiger partial charge in [0, 0.05) is 25.6 Å². The Morgan fingerprint density at radius 2 is 1.93 bits per heavy atom. The van der Waals surface area contributed by atoms with Gasteiger partial charge in [-0.3, -0.25) is 14.4 Å². The molecule has 0 spiro atoms. The maximum absolute atomic E-state index is 11.4. The van der Waals surface area contributed by atoms with E-state index in [1.165, 1.54) is 6.92 Å². The van der Waals surface area contributed by atoms with Crippen LogP contribution in [0.15, 0.2) is 0 Å². The van der Waals surface area contributed by atoms with Gasteiger partial charge in [-0.2, -0.15) is 0 Å². The highest BCUT2D eigenvalue weighted by atomic mass is 32.2. The number of Topliss-reactive ketones (excluding diaryl/α,β-unsaturated/α-hetero) is 1. The van der Waals surface area contributed by atoms with E-state index in [2.05, 4.69) is 5.32 Å². The fraction of sp³-hybridized carbons (Fsp3) is 0.700. The molecule has 0 fully saturated rings. The molecule has 0 aromatic heterocycles. The van der Waals surface area contributed by atoms with Crippen LogP contribution in [0.5, 0.6) is 0 Å². The van der Waals surface area contributed by atoms with Crippen molar-refractivity contribution >= 4 is 28.6 Å². The second-order valence-electron chi connectivity index (χ2n) is 3.19. The van der Waals surface area contributed by atoms with Crippen LogP contribution in [0.25, 0.3) is 0 Å². The summed E-state index contributed by atoms with van der Waals surface area (Å²) in [5.41, 5.74) is 0. The monoisotopic (exact) mass is 231 g/mol. The van der Waals surface area contributed by atoms with E-state index in [1.807, 2.05) is 0 Å². The third kappa shape index (κ3) is 6.28. The molecule has 15 heavy (non-hydrogen) atoms. The molecule has 0 radical (unpaired) electrons. The Hall–Kier alpha value is -0.840. The van der Waals surface area contributed by atoms with Crippen LogP contribution in [0.2, 0.25) is 0 Å². The van der Waals surface area contributed by atoms with E-state index in [0.29, 0.717) is 18.7 Å². The quantitative estimate of drug-likeness (QED) is 0.547. The van der Waals surface area contributed by atoms with Crippen molar-refractivity contribution in [1.82, 2.24) is 5.32 Å². The first-order valence-electron chi connectivity index (χ1n) is 4.92. The molecule has 0 unspecified atom stereocenters. The van der Waals surface area contributed by atoms with E-state index in [0.717, 1.165) is 11.8 Å². The van der Waals surface area contributed by atoms with Gasteiger partial charge in [0.2, 0.25) is 5.91 Å². The largest absolute Gasteiger partial charge is 0.356 e. The second kappa shape index (κ2) is 7.45. The van der Waals surface area contributed by atoms with E-state index in [1.54, 1.807) is 13.8 Å². The van der Waals surface area contributed by atoms with Gasteiger partial charge in [-0.05, 0) is 6.92 Å². The minimum absolute atomic E-state index is 0.0352. The van der Waals surface area contributed by atoms with Crippen molar-refractivity contribution in [2.75, 3.05) is 12.3 Å². The molecule has 86 valence electrons. The molecule has 0 aliphatic rings. The Kier molecular flexibility index (Phi) is 7.03. The molecule has 0 rings (SSSR count). The van der Waals surface area contributed by atoms with Crippen LogP contribution in [0.3, 0.4) is 0 Å². The van der Waals surface area contributed by atoms with Crippen molar-refractivity contribution in [1.29, 1.82) is 0 Å². The van der Waals surface area contributed by atoms with E-state index in [4.69, 9.17) is 0 Å². The van der Waals surface area contributed by atoms with E-state index < -0.39 is 5.92 Å². The molecule has 1 amide bonds. The molecule has 1 atom stereocenters. The van der Waals surface area contributed by atoms with Gasteiger partial charge < -0.3 is 5.32 Å². The summed E-state index contributed by atoms with van der Waals surface area (Å²) in [7, 11) is 0. The summed E-state index contributed by atoms with van der Waals surface area (Å²) >= 11 is 1.10. The van der Waals surface area contributed by atoms with Gasteiger partial charge in [0.1, 0.15) is 5.78 Å². The smallest absolute Gasteiger partial charge is 0.216 e. The molecule has 0 aromatic rings. The molecular formula is C10H17NO3S. The lowest BCUT2D eigenvalue weighted by Crippen LogP contribution is -2.24. The predicted octanol–water partition coefficient (Wildman–Crippen LogP) is 0.998. The number of hydrogen-bond donors (Lipinski definition) is 1. The molecule has 5 heteroatoms. The molecular weight excluding hydrogens is 214 g/mol. The molecule has 4 nitrogen and oxygen atoms in total. The van der Waals surface area contributed by atoms with Crippen molar-refractivity contribution in [3.05, 3.63) is 0 Å². The third-order valence-corrected chi connectivity index (χ3v) is 2.95. The summed E-state index contributed by atoms with van der Waals surface area (Å²) in [6, 6.07) is 0. The minimum Gasteiger partial charge on any atom is -0.356 e.